The van der Waals surface area contributed by atoms with Crippen LogP contribution < -0.4 is 15.4 Å². The lowest BCUT2D eigenvalue weighted by molar-refractivity contribution is 0.588. The summed E-state index contributed by atoms with van der Waals surface area (Å²) >= 11 is 0. The van der Waals surface area contributed by atoms with Gasteiger partial charge in [-0.1, -0.05) is 18.2 Å². The highest BCUT2D eigenvalue weighted by Crippen LogP contribution is 2.20. The van der Waals surface area contributed by atoms with Crippen LogP contribution in [0.25, 0.3) is 0 Å². The number of nitrogens with one attached hydrogen (secondary N) is 3. The smallest absolute Gasteiger partial charge is 0.240 e. The summed E-state index contributed by atoms with van der Waals surface area (Å²) < 4.78 is 39.7. The fourth-order valence-electron chi connectivity index (χ4n) is 2.09. The zero-order valence-electron chi connectivity index (χ0n) is 13.6. The van der Waals surface area contributed by atoms with Gasteiger partial charge in [0, 0.05) is 5.69 Å². The summed E-state index contributed by atoms with van der Waals surface area (Å²) in [5.41, 5.74) is 0.705. The maximum Gasteiger partial charge on any atom is 0.240 e. The van der Waals surface area contributed by atoms with Gasteiger partial charge in [-0.05, 0) is 37.4 Å². The summed E-state index contributed by atoms with van der Waals surface area (Å²) in [4.78, 5) is 12.2. The van der Waals surface area contributed by atoms with Crippen LogP contribution in [0.15, 0.2) is 59.8 Å². The number of hydrogen-bond donors (Lipinski definition) is 3. The molecule has 3 rings (SSSR count). The summed E-state index contributed by atoms with van der Waals surface area (Å²) in [7, 11) is -2.23. The van der Waals surface area contributed by atoms with Gasteiger partial charge in [0.05, 0.1) is 10.6 Å². The Morgan fingerprint density at radius 2 is 1.69 bits per heavy atom. The number of halogens is 1. The van der Waals surface area contributed by atoms with Crippen molar-refractivity contribution in [3.63, 3.8) is 0 Å². The van der Waals surface area contributed by atoms with Gasteiger partial charge < -0.3 is 10.6 Å². The third-order valence-corrected chi connectivity index (χ3v) is 4.77. The first kappa shape index (κ1) is 17.7. The molecule has 1 heterocycles. The topological polar surface area (TPSA) is 109 Å². The van der Waals surface area contributed by atoms with E-state index in [1.54, 1.807) is 30.3 Å². The van der Waals surface area contributed by atoms with E-state index >= 15 is 0 Å². The lowest BCUT2D eigenvalue weighted by Gasteiger charge is -2.09. The minimum absolute atomic E-state index is 0.101. The van der Waals surface area contributed by atoms with E-state index in [-0.39, 0.29) is 22.5 Å². The average molecular weight is 374 g/mol. The number of para-hydroxylation sites is 1. The zero-order chi connectivity index (χ0) is 18.6. The molecule has 0 aliphatic carbocycles. The molecule has 0 aliphatic heterocycles. The molecule has 1 aromatic heterocycles. The lowest BCUT2D eigenvalue weighted by Crippen LogP contribution is -2.18. The van der Waals surface area contributed by atoms with Crippen LogP contribution in [0.2, 0.25) is 0 Å². The summed E-state index contributed by atoms with van der Waals surface area (Å²) in [6.07, 6.45) is 1.26. The van der Waals surface area contributed by atoms with E-state index in [9.17, 15) is 12.8 Å². The van der Waals surface area contributed by atoms with Crippen LogP contribution in [-0.2, 0) is 10.0 Å². The fraction of sp³-hybridized carbons (Fsp3) is 0.0625. The van der Waals surface area contributed by atoms with Crippen molar-refractivity contribution >= 4 is 33.3 Å². The molecule has 3 N–H and O–H groups in total. The minimum atomic E-state index is -3.56. The van der Waals surface area contributed by atoms with Crippen molar-refractivity contribution in [3.8, 4) is 0 Å². The predicted octanol–water partition coefficient (Wildman–Crippen LogP) is 2.41. The van der Waals surface area contributed by atoms with E-state index in [2.05, 4.69) is 30.3 Å². The van der Waals surface area contributed by atoms with E-state index in [1.165, 1.54) is 31.6 Å². The Hall–Kier alpha value is -3.11. The third kappa shape index (κ3) is 4.10. The second-order valence-corrected chi connectivity index (χ2v) is 6.98. The Morgan fingerprint density at radius 1 is 0.962 bits per heavy atom. The van der Waals surface area contributed by atoms with Crippen LogP contribution in [0.5, 0.6) is 0 Å². The molecule has 0 fully saturated rings. The Balaban J connectivity index is 1.81. The van der Waals surface area contributed by atoms with Crippen molar-refractivity contribution in [1.29, 1.82) is 0 Å². The third-order valence-electron chi connectivity index (χ3n) is 3.36. The monoisotopic (exact) mass is 374 g/mol. The maximum absolute atomic E-state index is 13.7. The molecular formula is C16H15FN6O2S. The second kappa shape index (κ2) is 7.42. The van der Waals surface area contributed by atoms with Crippen molar-refractivity contribution in [3.05, 3.63) is 60.7 Å². The largest absolute Gasteiger partial charge is 0.324 e. The van der Waals surface area contributed by atoms with Crippen LogP contribution >= 0.6 is 0 Å². The molecule has 8 nitrogen and oxygen atoms in total. The summed E-state index contributed by atoms with van der Waals surface area (Å²) in [6, 6.07) is 12.3. The molecule has 2 aromatic carbocycles. The fourth-order valence-corrected chi connectivity index (χ4v) is 2.86. The first-order chi connectivity index (χ1) is 12.5. The van der Waals surface area contributed by atoms with Gasteiger partial charge in [0.1, 0.15) is 12.1 Å². The molecule has 0 saturated carbocycles. The predicted molar refractivity (Wildman–Crippen MR) is 95.5 cm³/mol. The Bertz CT molecular complexity index is 1030. The Kier molecular flexibility index (Phi) is 5.05. The van der Waals surface area contributed by atoms with E-state index in [0.29, 0.717) is 5.69 Å². The van der Waals surface area contributed by atoms with Gasteiger partial charge in [-0.15, -0.1) is 0 Å². The summed E-state index contributed by atoms with van der Waals surface area (Å²) in [5.74, 6) is -0.114. The first-order valence-electron chi connectivity index (χ1n) is 7.49. The van der Waals surface area contributed by atoms with Crippen molar-refractivity contribution < 1.29 is 12.8 Å². The molecule has 0 amide bonds. The van der Waals surface area contributed by atoms with Gasteiger partial charge in [0.2, 0.25) is 21.9 Å². The molecule has 0 atom stereocenters. The van der Waals surface area contributed by atoms with Gasteiger partial charge in [0.25, 0.3) is 0 Å². The molecule has 0 saturated heterocycles. The number of nitrogens with zero attached hydrogens (tertiary/aromatic N) is 3. The number of aromatic nitrogens is 3. The molecular weight excluding hydrogens is 359 g/mol. The summed E-state index contributed by atoms with van der Waals surface area (Å²) in [6.45, 7) is 0. The van der Waals surface area contributed by atoms with Gasteiger partial charge in [-0.3, -0.25) is 0 Å². The first-order valence-corrected chi connectivity index (χ1v) is 8.97. The van der Waals surface area contributed by atoms with Crippen LogP contribution in [0.4, 0.5) is 27.7 Å². The highest BCUT2D eigenvalue weighted by molar-refractivity contribution is 7.89. The van der Waals surface area contributed by atoms with E-state index in [0.717, 1.165) is 0 Å². The highest BCUT2D eigenvalue weighted by atomic mass is 32.2. The summed E-state index contributed by atoms with van der Waals surface area (Å²) in [5, 5.41) is 5.65. The van der Waals surface area contributed by atoms with Crippen molar-refractivity contribution in [2.45, 2.75) is 4.90 Å². The molecule has 0 spiro atoms. The van der Waals surface area contributed by atoms with Crippen LogP contribution in [0.3, 0.4) is 0 Å². The minimum Gasteiger partial charge on any atom is -0.324 e. The van der Waals surface area contributed by atoms with Gasteiger partial charge >= 0.3 is 0 Å². The van der Waals surface area contributed by atoms with E-state index in [4.69, 9.17) is 0 Å². The molecule has 0 bridgehead atoms. The van der Waals surface area contributed by atoms with Crippen molar-refractivity contribution in [2.75, 3.05) is 17.7 Å². The molecule has 0 radical (unpaired) electrons. The SMILES string of the molecule is CNS(=O)(=O)c1cccc(Nc2ncnc(Nc3ccccc3F)n2)c1. The Morgan fingerprint density at radius 3 is 2.42 bits per heavy atom. The highest BCUT2D eigenvalue weighted by Gasteiger charge is 2.12. The number of sulfonamides is 1. The number of hydrogen-bond acceptors (Lipinski definition) is 7. The van der Waals surface area contributed by atoms with Gasteiger partial charge in [-0.2, -0.15) is 4.98 Å². The van der Waals surface area contributed by atoms with Crippen LogP contribution in [-0.4, -0.2) is 30.4 Å². The lowest BCUT2D eigenvalue weighted by atomic mass is 10.3. The zero-order valence-corrected chi connectivity index (χ0v) is 14.5. The average Bonchev–Trinajstić information content (AvgIpc) is 2.64. The molecule has 10 heteroatoms. The van der Waals surface area contributed by atoms with Crippen molar-refractivity contribution in [2.24, 2.45) is 0 Å². The van der Waals surface area contributed by atoms with Crippen molar-refractivity contribution in [1.82, 2.24) is 19.7 Å². The number of rotatable bonds is 6. The number of benzene rings is 2. The van der Waals surface area contributed by atoms with Crippen LogP contribution in [0.1, 0.15) is 0 Å². The Labute approximate surface area is 149 Å². The standard InChI is InChI=1S/C16H15FN6O2S/c1-18-26(24,25)12-6-4-5-11(9-12)21-15-19-10-20-16(23-15)22-14-8-3-2-7-13(14)17/h2-10,18H,1H3,(H2,19,20,21,22,23). The molecule has 0 aliphatic rings. The normalized spacial score (nSPS) is 11.2. The van der Waals surface area contributed by atoms with Crippen LogP contribution in [0, 0.1) is 5.82 Å². The molecule has 134 valence electrons. The molecule has 26 heavy (non-hydrogen) atoms. The maximum atomic E-state index is 13.7. The number of anilines is 4. The molecule has 3 aromatic rings. The van der Waals surface area contributed by atoms with Gasteiger partial charge in [0.15, 0.2) is 0 Å². The second-order valence-electron chi connectivity index (χ2n) is 5.10. The van der Waals surface area contributed by atoms with E-state index in [1.807, 2.05) is 0 Å². The van der Waals surface area contributed by atoms with E-state index < -0.39 is 15.8 Å². The molecule has 0 unspecified atom stereocenters. The van der Waals surface area contributed by atoms with Gasteiger partial charge in [-0.25, -0.2) is 27.5 Å². The quantitative estimate of drug-likeness (QED) is 0.608.